The predicted molar refractivity (Wildman–Crippen MR) is 112 cm³/mol. The number of rotatable bonds is 5. The van der Waals surface area contributed by atoms with Gasteiger partial charge in [0.15, 0.2) is 5.82 Å². The monoisotopic (exact) mass is 425 g/mol. The highest BCUT2D eigenvalue weighted by Crippen LogP contribution is 2.34. The van der Waals surface area contributed by atoms with Crippen LogP contribution in [0.1, 0.15) is 42.7 Å². The summed E-state index contributed by atoms with van der Waals surface area (Å²) in [6.45, 7) is 5.22. The Hall–Kier alpha value is -3.04. The fourth-order valence-electron chi connectivity index (χ4n) is 3.88. The lowest BCUT2D eigenvalue weighted by atomic mass is 10.1. The number of hydrogen-bond acceptors (Lipinski definition) is 5. The van der Waals surface area contributed by atoms with Crippen LogP contribution in [0, 0.1) is 6.92 Å². The Balaban J connectivity index is 1.69. The summed E-state index contributed by atoms with van der Waals surface area (Å²) in [5.41, 5.74) is 2.33. The first-order valence-corrected chi connectivity index (χ1v) is 11.1. The van der Waals surface area contributed by atoms with Gasteiger partial charge in [0.2, 0.25) is 15.9 Å². The largest absolute Gasteiger partial charge is 0.309 e. The number of sulfonamides is 1. The van der Waals surface area contributed by atoms with Crippen LogP contribution in [0.2, 0.25) is 0 Å². The fourth-order valence-corrected chi connectivity index (χ4v) is 5.11. The third-order valence-electron chi connectivity index (χ3n) is 5.19. The SMILES string of the molecule is CC(=O)N1c2ccc(S(=O)(=O)NC(c3ccccc3)c3n[nH]c(C)n3)cc2CC1C. The Labute approximate surface area is 175 Å². The van der Waals surface area contributed by atoms with Gasteiger partial charge in [-0.05, 0) is 49.6 Å². The summed E-state index contributed by atoms with van der Waals surface area (Å²) in [6, 6.07) is 13.3. The van der Waals surface area contributed by atoms with Crippen LogP contribution in [0.15, 0.2) is 53.4 Å². The molecule has 2 heterocycles. The highest BCUT2D eigenvalue weighted by molar-refractivity contribution is 7.89. The predicted octanol–water partition coefficient (Wildman–Crippen LogP) is 2.48. The van der Waals surface area contributed by atoms with E-state index in [1.165, 1.54) is 13.0 Å². The molecule has 30 heavy (non-hydrogen) atoms. The van der Waals surface area contributed by atoms with Crippen LogP contribution in [0.4, 0.5) is 5.69 Å². The minimum atomic E-state index is -3.87. The number of aromatic nitrogens is 3. The number of aryl methyl sites for hydroxylation is 1. The Morgan fingerprint density at radius 3 is 2.60 bits per heavy atom. The molecule has 3 aromatic rings. The smallest absolute Gasteiger partial charge is 0.241 e. The van der Waals surface area contributed by atoms with Crippen molar-refractivity contribution in [3.8, 4) is 0 Å². The van der Waals surface area contributed by atoms with Gasteiger partial charge >= 0.3 is 0 Å². The summed E-state index contributed by atoms with van der Waals surface area (Å²) in [6.07, 6.45) is 0.612. The third kappa shape index (κ3) is 3.73. The van der Waals surface area contributed by atoms with Crippen molar-refractivity contribution in [2.75, 3.05) is 4.90 Å². The molecule has 0 saturated carbocycles. The summed E-state index contributed by atoms with van der Waals surface area (Å²) < 4.78 is 29.2. The summed E-state index contributed by atoms with van der Waals surface area (Å²) in [4.78, 5) is 18.1. The molecular formula is C21H23N5O3S. The maximum Gasteiger partial charge on any atom is 0.241 e. The third-order valence-corrected chi connectivity index (χ3v) is 6.62. The van der Waals surface area contributed by atoms with Gasteiger partial charge in [-0.25, -0.2) is 13.4 Å². The zero-order valence-electron chi connectivity index (χ0n) is 17.0. The van der Waals surface area contributed by atoms with Crippen LogP contribution in [0.5, 0.6) is 0 Å². The fraction of sp³-hybridized carbons (Fsp3) is 0.286. The molecule has 156 valence electrons. The van der Waals surface area contributed by atoms with Crippen molar-refractivity contribution < 1.29 is 13.2 Å². The van der Waals surface area contributed by atoms with E-state index in [0.717, 1.165) is 16.8 Å². The van der Waals surface area contributed by atoms with Crippen LogP contribution in [0.3, 0.4) is 0 Å². The van der Waals surface area contributed by atoms with E-state index in [1.54, 1.807) is 24.0 Å². The van der Waals surface area contributed by atoms with Gasteiger partial charge in [0, 0.05) is 18.7 Å². The van der Waals surface area contributed by atoms with Crippen molar-refractivity contribution in [3.05, 3.63) is 71.3 Å². The van der Waals surface area contributed by atoms with E-state index in [4.69, 9.17) is 0 Å². The highest BCUT2D eigenvalue weighted by Gasteiger charge is 2.31. The van der Waals surface area contributed by atoms with Crippen molar-refractivity contribution >= 4 is 21.6 Å². The van der Waals surface area contributed by atoms with E-state index < -0.39 is 16.1 Å². The quantitative estimate of drug-likeness (QED) is 0.653. The van der Waals surface area contributed by atoms with Crippen LogP contribution < -0.4 is 9.62 Å². The first-order chi connectivity index (χ1) is 14.3. The first-order valence-electron chi connectivity index (χ1n) is 9.65. The molecule has 0 aliphatic carbocycles. The van der Waals surface area contributed by atoms with E-state index in [1.807, 2.05) is 37.3 Å². The van der Waals surface area contributed by atoms with Gasteiger partial charge in [0.25, 0.3) is 0 Å². The van der Waals surface area contributed by atoms with E-state index in [-0.39, 0.29) is 16.8 Å². The van der Waals surface area contributed by atoms with Crippen molar-refractivity contribution in [2.45, 2.75) is 44.2 Å². The van der Waals surface area contributed by atoms with Gasteiger partial charge < -0.3 is 4.90 Å². The number of H-pyrrole nitrogens is 1. The number of amides is 1. The lowest BCUT2D eigenvalue weighted by Crippen LogP contribution is -2.33. The van der Waals surface area contributed by atoms with E-state index in [9.17, 15) is 13.2 Å². The molecule has 1 amide bonds. The molecule has 0 bridgehead atoms. The second kappa shape index (κ2) is 7.66. The number of fused-ring (bicyclic) bond motifs is 1. The minimum Gasteiger partial charge on any atom is -0.309 e. The average molecular weight is 426 g/mol. The van der Waals surface area contributed by atoms with E-state index >= 15 is 0 Å². The molecule has 4 rings (SSSR count). The Morgan fingerprint density at radius 2 is 1.97 bits per heavy atom. The number of nitrogens with one attached hydrogen (secondary N) is 2. The lowest BCUT2D eigenvalue weighted by Gasteiger charge is -2.21. The Kier molecular flexibility index (Phi) is 5.17. The number of carbonyl (C=O) groups excluding carboxylic acids is 1. The minimum absolute atomic E-state index is 0.00304. The topological polar surface area (TPSA) is 108 Å². The number of carbonyl (C=O) groups is 1. The van der Waals surface area contributed by atoms with Gasteiger partial charge in [0.05, 0.1) is 4.90 Å². The number of benzene rings is 2. The van der Waals surface area contributed by atoms with Gasteiger partial charge in [0.1, 0.15) is 11.9 Å². The Morgan fingerprint density at radius 1 is 1.23 bits per heavy atom. The molecule has 2 atom stereocenters. The molecule has 2 N–H and O–H groups in total. The molecule has 8 nitrogen and oxygen atoms in total. The normalized spacial score (nSPS) is 17.0. The number of aromatic amines is 1. The second-order valence-corrected chi connectivity index (χ2v) is 9.19. The van der Waals surface area contributed by atoms with Crippen LogP contribution in [-0.4, -0.2) is 35.5 Å². The molecule has 0 saturated heterocycles. The Bertz CT molecular complexity index is 1190. The average Bonchev–Trinajstić information content (AvgIpc) is 3.28. The molecule has 1 aliphatic rings. The maximum absolute atomic E-state index is 13.2. The summed E-state index contributed by atoms with van der Waals surface area (Å²) in [5.74, 6) is 0.889. The molecular weight excluding hydrogens is 402 g/mol. The molecule has 9 heteroatoms. The number of nitrogens with zero attached hydrogens (tertiary/aromatic N) is 3. The maximum atomic E-state index is 13.2. The van der Waals surface area contributed by atoms with Gasteiger partial charge in [-0.2, -0.15) is 9.82 Å². The first kappa shape index (κ1) is 20.2. The van der Waals surface area contributed by atoms with Crippen molar-refractivity contribution in [1.82, 2.24) is 19.9 Å². The van der Waals surface area contributed by atoms with Crippen molar-refractivity contribution in [2.24, 2.45) is 0 Å². The van der Waals surface area contributed by atoms with Crippen LogP contribution in [-0.2, 0) is 21.2 Å². The molecule has 0 fully saturated rings. The van der Waals surface area contributed by atoms with Crippen molar-refractivity contribution in [3.63, 3.8) is 0 Å². The molecule has 0 spiro atoms. The summed E-state index contributed by atoms with van der Waals surface area (Å²) in [5, 5.41) is 6.93. The molecule has 2 unspecified atom stereocenters. The van der Waals surface area contributed by atoms with E-state index in [2.05, 4.69) is 19.9 Å². The zero-order chi connectivity index (χ0) is 21.5. The zero-order valence-corrected chi connectivity index (χ0v) is 17.8. The lowest BCUT2D eigenvalue weighted by molar-refractivity contribution is -0.116. The summed E-state index contributed by atoms with van der Waals surface area (Å²) >= 11 is 0. The molecule has 0 radical (unpaired) electrons. The molecule has 1 aliphatic heterocycles. The summed E-state index contributed by atoms with van der Waals surface area (Å²) in [7, 11) is -3.87. The van der Waals surface area contributed by atoms with Crippen LogP contribution >= 0.6 is 0 Å². The van der Waals surface area contributed by atoms with Gasteiger partial charge in [-0.3, -0.25) is 9.89 Å². The molecule has 2 aromatic carbocycles. The highest BCUT2D eigenvalue weighted by atomic mass is 32.2. The van der Waals surface area contributed by atoms with E-state index in [0.29, 0.717) is 18.1 Å². The standard InChI is InChI=1S/C21H23N5O3S/c1-13-11-17-12-18(9-10-19(17)26(13)15(3)27)30(28,29)25-20(16-7-5-4-6-8-16)21-22-14(2)23-24-21/h4-10,12-13,20,25H,11H2,1-3H3,(H,22,23,24). The van der Waals surface area contributed by atoms with Gasteiger partial charge in [-0.1, -0.05) is 30.3 Å². The second-order valence-electron chi connectivity index (χ2n) is 7.48. The molecule has 1 aromatic heterocycles. The number of hydrogen-bond donors (Lipinski definition) is 2. The van der Waals surface area contributed by atoms with Crippen LogP contribution in [0.25, 0.3) is 0 Å². The van der Waals surface area contributed by atoms with Crippen molar-refractivity contribution in [1.29, 1.82) is 0 Å². The number of anilines is 1. The van der Waals surface area contributed by atoms with Gasteiger partial charge in [-0.15, -0.1) is 0 Å².